The molecule has 0 aliphatic carbocycles. The third-order valence-electron chi connectivity index (χ3n) is 4.54. The minimum absolute atomic E-state index is 0.126. The Morgan fingerprint density at radius 3 is 2.26 bits per heavy atom. The average Bonchev–Trinajstić information content (AvgIpc) is 3.10. The van der Waals surface area contributed by atoms with Gasteiger partial charge in [-0.15, -0.1) is 0 Å². The highest BCUT2D eigenvalue weighted by Gasteiger charge is 2.39. The molecule has 2 aromatic heterocycles. The smallest absolute Gasteiger partial charge is 0.301 e. The average molecular weight is 444 g/mol. The second kappa shape index (κ2) is 7.88. The number of anilines is 1. The molecular formula is C22H13ClF3N3O2. The van der Waals surface area contributed by atoms with E-state index in [1.807, 2.05) is 0 Å². The quantitative estimate of drug-likeness (QED) is 0.430. The van der Waals surface area contributed by atoms with Gasteiger partial charge < -0.3 is 5.32 Å². The zero-order valence-corrected chi connectivity index (χ0v) is 16.4. The van der Waals surface area contributed by atoms with Crippen molar-refractivity contribution >= 4 is 34.8 Å². The van der Waals surface area contributed by atoms with Crippen LogP contribution in [0.2, 0.25) is 5.02 Å². The van der Waals surface area contributed by atoms with Gasteiger partial charge in [-0.05, 0) is 18.2 Å². The zero-order valence-electron chi connectivity index (χ0n) is 15.7. The normalized spacial score (nSPS) is 11.5. The van der Waals surface area contributed by atoms with E-state index in [1.54, 1.807) is 59.9 Å². The predicted molar refractivity (Wildman–Crippen MR) is 110 cm³/mol. The van der Waals surface area contributed by atoms with Gasteiger partial charge in [0.05, 0.1) is 10.7 Å². The highest BCUT2D eigenvalue weighted by atomic mass is 35.5. The first-order valence-electron chi connectivity index (χ1n) is 9.00. The lowest BCUT2D eigenvalue weighted by Gasteiger charge is -2.10. The standard InChI is InChI=1S/C22H13ClF3N3O2/c23-16-9-5-4-8-15(16)18-20(28-21(31)22(24,25)26)27-17-11-10-14(12-29(17)18)19(30)13-6-2-1-3-7-13/h1-12H,(H,28,31). The molecule has 0 aliphatic rings. The second-order valence-electron chi connectivity index (χ2n) is 6.58. The highest BCUT2D eigenvalue weighted by molar-refractivity contribution is 6.33. The SMILES string of the molecule is O=C(c1ccccc1)c1ccc2nc(NC(=O)C(F)(F)F)c(-c3ccccc3Cl)n2c1. The Hall–Kier alpha value is -3.65. The molecule has 0 radical (unpaired) electrons. The number of ketones is 1. The zero-order chi connectivity index (χ0) is 22.2. The van der Waals surface area contributed by atoms with E-state index < -0.39 is 12.1 Å². The fraction of sp³-hybridized carbons (Fsp3) is 0.0455. The van der Waals surface area contributed by atoms with Crippen LogP contribution < -0.4 is 5.32 Å². The summed E-state index contributed by atoms with van der Waals surface area (Å²) in [6.07, 6.45) is -3.64. The Bertz CT molecular complexity index is 1300. The molecular weight excluding hydrogens is 431 g/mol. The molecule has 0 aliphatic heterocycles. The van der Waals surface area contributed by atoms with Crippen LogP contribution in [0, 0.1) is 0 Å². The van der Waals surface area contributed by atoms with E-state index in [-0.39, 0.29) is 33.5 Å². The molecule has 156 valence electrons. The van der Waals surface area contributed by atoms with Gasteiger partial charge in [0.2, 0.25) is 0 Å². The molecule has 0 fully saturated rings. The first kappa shape index (κ1) is 20.6. The largest absolute Gasteiger partial charge is 0.471 e. The molecule has 0 bridgehead atoms. The fourth-order valence-electron chi connectivity index (χ4n) is 3.11. The van der Waals surface area contributed by atoms with Crippen LogP contribution in [-0.2, 0) is 4.79 Å². The minimum atomic E-state index is -5.10. The summed E-state index contributed by atoms with van der Waals surface area (Å²) in [6, 6.07) is 18.0. The highest BCUT2D eigenvalue weighted by Crippen LogP contribution is 2.35. The van der Waals surface area contributed by atoms with E-state index in [0.29, 0.717) is 11.1 Å². The molecule has 4 rings (SSSR count). The van der Waals surface area contributed by atoms with Crippen molar-refractivity contribution < 1.29 is 22.8 Å². The molecule has 0 unspecified atom stereocenters. The first-order valence-corrected chi connectivity index (χ1v) is 9.38. The van der Waals surface area contributed by atoms with Crippen LogP contribution in [0.1, 0.15) is 15.9 Å². The summed E-state index contributed by atoms with van der Waals surface area (Å²) < 4.78 is 40.0. The monoisotopic (exact) mass is 443 g/mol. The summed E-state index contributed by atoms with van der Waals surface area (Å²) in [5.41, 5.74) is 1.45. The van der Waals surface area contributed by atoms with Crippen molar-refractivity contribution in [3.8, 4) is 11.3 Å². The van der Waals surface area contributed by atoms with Crippen molar-refractivity contribution in [1.82, 2.24) is 9.38 Å². The molecule has 2 heterocycles. The molecule has 0 saturated carbocycles. The van der Waals surface area contributed by atoms with Crippen LogP contribution in [0.25, 0.3) is 16.9 Å². The summed E-state index contributed by atoms with van der Waals surface area (Å²) in [6.45, 7) is 0. The number of imidazole rings is 1. The number of carbonyl (C=O) groups excluding carboxylic acids is 2. The number of nitrogens with zero attached hydrogens (tertiary/aromatic N) is 2. The maximum Gasteiger partial charge on any atom is 0.471 e. The second-order valence-corrected chi connectivity index (χ2v) is 6.99. The third-order valence-corrected chi connectivity index (χ3v) is 4.86. The van der Waals surface area contributed by atoms with Crippen molar-refractivity contribution in [3.05, 3.63) is 89.1 Å². The van der Waals surface area contributed by atoms with Crippen LogP contribution in [0.5, 0.6) is 0 Å². The Morgan fingerprint density at radius 1 is 0.903 bits per heavy atom. The number of amides is 1. The summed E-state index contributed by atoms with van der Waals surface area (Å²) in [7, 11) is 0. The fourth-order valence-corrected chi connectivity index (χ4v) is 3.34. The molecule has 0 saturated heterocycles. The Morgan fingerprint density at radius 2 is 1.58 bits per heavy atom. The van der Waals surface area contributed by atoms with Gasteiger partial charge in [-0.25, -0.2) is 4.98 Å². The van der Waals surface area contributed by atoms with E-state index in [9.17, 15) is 22.8 Å². The van der Waals surface area contributed by atoms with Gasteiger partial charge in [-0.1, -0.05) is 60.1 Å². The van der Waals surface area contributed by atoms with Gasteiger partial charge in [0.15, 0.2) is 11.6 Å². The number of halogens is 4. The number of alkyl halides is 3. The molecule has 5 nitrogen and oxygen atoms in total. The number of fused-ring (bicyclic) bond motifs is 1. The van der Waals surface area contributed by atoms with Gasteiger partial charge in [-0.2, -0.15) is 13.2 Å². The van der Waals surface area contributed by atoms with E-state index in [1.165, 1.54) is 22.7 Å². The van der Waals surface area contributed by atoms with Crippen LogP contribution in [-0.4, -0.2) is 27.3 Å². The van der Waals surface area contributed by atoms with Crippen molar-refractivity contribution in [2.24, 2.45) is 0 Å². The van der Waals surface area contributed by atoms with Gasteiger partial charge in [0.1, 0.15) is 5.65 Å². The molecule has 0 spiro atoms. The molecule has 2 aromatic carbocycles. The van der Waals surface area contributed by atoms with E-state index in [4.69, 9.17) is 11.6 Å². The summed E-state index contributed by atoms with van der Waals surface area (Å²) in [5, 5.41) is 2.05. The van der Waals surface area contributed by atoms with Gasteiger partial charge in [0.25, 0.3) is 0 Å². The minimum Gasteiger partial charge on any atom is -0.301 e. The Kier molecular flexibility index (Phi) is 5.24. The summed E-state index contributed by atoms with van der Waals surface area (Å²) >= 11 is 6.27. The van der Waals surface area contributed by atoms with Crippen molar-refractivity contribution in [3.63, 3.8) is 0 Å². The number of rotatable bonds is 4. The molecule has 31 heavy (non-hydrogen) atoms. The lowest BCUT2D eigenvalue weighted by molar-refractivity contribution is -0.167. The van der Waals surface area contributed by atoms with Gasteiger partial charge in [-0.3, -0.25) is 14.0 Å². The van der Waals surface area contributed by atoms with Crippen molar-refractivity contribution in [1.29, 1.82) is 0 Å². The summed E-state index contributed by atoms with van der Waals surface area (Å²) in [5.74, 6) is -2.76. The number of hydrogen-bond donors (Lipinski definition) is 1. The third kappa shape index (κ3) is 4.02. The predicted octanol–water partition coefficient (Wildman–Crippen LogP) is 5.39. The maximum absolute atomic E-state index is 12.8. The lowest BCUT2D eigenvalue weighted by atomic mass is 10.1. The number of benzene rings is 2. The van der Waals surface area contributed by atoms with E-state index in [0.717, 1.165) is 0 Å². The number of carbonyl (C=O) groups is 2. The number of nitrogens with one attached hydrogen (secondary N) is 1. The Labute approximate surface area is 179 Å². The van der Waals surface area contributed by atoms with Crippen molar-refractivity contribution in [2.75, 3.05) is 5.32 Å². The van der Waals surface area contributed by atoms with Gasteiger partial charge in [0, 0.05) is 22.9 Å². The number of hydrogen-bond acceptors (Lipinski definition) is 3. The summed E-state index contributed by atoms with van der Waals surface area (Å²) in [4.78, 5) is 28.5. The molecule has 4 aromatic rings. The van der Waals surface area contributed by atoms with Crippen LogP contribution >= 0.6 is 11.6 Å². The number of aromatic nitrogens is 2. The lowest BCUT2D eigenvalue weighted by Crippen LogP contribution is -2.30. The van der Waals surface area contributed by atoms with Crippen LogP contribution in [0.15, 0.2) is 72.9 Å². The topological polar surface area (TPSA) is 63.5 Å². The molecule has 1 amide bonds. The Balaban J connectivity index is 1.90. The molecule has 0 atom stereocenters. The van der Waals surface area contributed by atoms with E-state index in [2.05, 4.69) is 4.98 Å². The molecule has 9 heteroatoms. The van der Waals surface area contributed by atoms with Crippen LogP contribution in [0.3, 0.4) is 0 Å². The molecule has 1 N–H and O–H groups in total. The van der Waals surface area contributed by atoms with E-state index >= 15 is 0 Å². The first-order chi connectivity index (χ1) is 14.8. The van der Waals surface area contributed by atoms with Gasteiger partial charge >= 0.3 is 12.1 Å². The number of pyridine rings is 1. The van der Waals surface area contributed by atoms with Crippen molar-refractivity contribution in [2.45, 2.75) is 6.18 Å². The van der Waals surface area contributed by atoms with Crippen LogP contribution in [0.4, 0.5) is 19.0 Å². The maximum atomic E-state index is 12.8.